The Balaban J connectivity index is 1.93. The molecule has 0 aliphatic carbocycles. The molecule has 0 unspecified atom stereocenters. The van der Waals surface area contributed by atoms with Crippen LogP contribution in [0.4, 0.5) is 0 Å². The van der Waals surface area contributed by atoms with Crippen LogP contribution in [0.25, 0.3) is 22.4 Å². The highest BCUT2D eigenvalue weighted by molar-refractivity contribution is 7.15. The SMILES string of the molecule is COc1ccc(OC)c(/C=c2\sc3nnc(-c4ccccc4C)n3c2=O)c1. The number of hydrogen-bond donors (Lipinski definition) is 0. The second-order valence-corrected chi connectivity index (χ2v) is 6.99. The first-order chi connectivity index (χ1) is 13.1. The largest absolute Gasteiger partial charge is 0.497 e. The van der Waals surface area contributed by atoms with Crippen LogP contribution in [0.15, 0.2) is 47.3 Å². The van der Waals surface area contributed by atoms with Crippen molar-refractivity contribution in [2.24, 2.45) is 0 Å². The van der Waals surface area contributed by atoms with E-state index in [1.165, 1.54) is 11.3 Å². The second kappa shape index (κ2) is 6.85. The molecule has 0 radical (unpaired) electrons. The summed E-state index contributed by atoms with van der Waals surface area (Å²) in [6, 6.07) is 13.3. The molecular weight excluding hydrogens is 362 g/mol. The number of rotatable bonds is 4. The maximum Gasteiger partial charge on any atom is 0.276 e. The minimum atomic E-state index is -0.150. The maximum absolute atomic E-state index is 13.0. The minimum Gasteiger partial charge on any atom is -0.497 e. The fourth-order valence-corrected chi connectivity index (χ4v) is 3.86. The zero-order chi connectivity index (χ0) is 19.0. The lowest BCUT2D eigenvalue weighted by Gasteiger charge is -2.06. The second-order valence-electron chi connectivity index (χ2n) is 5.98. The normalized spacial score (nSPS) is 11.9. The first kappa shape index (κ1) is 17.2. The van der Waals surface area contributed by atoms with E-state index in [-0.39, 0.29) is 5.56 Å². The molecule has 0 saturated heterocycles. The Hall–Kier alpha value is -3.19. The monoisotopic (exact) mass is 379 g/mol. The van der Waals surface area contributed by atoms with Crippen molar-refractivity contribution < 1.29 is 9.47 Å². The molecule has 0 fully saturated rings. The van der Waals surface area contributed by atoms with Crippen LogP contribution in [-0.4, -0.2) is 28.8 Å². The summed E-state index contributed by atoms with van der Waals surface area (Å²) >= 11 is 1.30. The number of benzene rings is 2. The lowest BCUT2D eigenvalue weighted by atomic mass is 10.1. The average molecular weight is 379 g/mol. The molecule has 2 heterocycles. The van der Waals surface area contributed by atoms with E-state index in [0.717, 1.165) is 16.7 Å². The van der Waals surface area contributed by atoms with Crippen LogP contribution >= 0.6 is 11.3 Å². The standard InChI is InChI=1S/C20H17N3O3S/c1-12-6-4-5-7-15(12)18-21-22-20-23(18)19(24)17(27-20)11-13-10-14(25-2)8-9-16(13)26-3/h4-11H,1-3H3/b17-11-. The molecule has 0 amide bonds. The van der Waals surface area contributed by atoms with E-state index in [1.54, 1.807) is 24.7 Å². The number of thiazole rings is 1. The van der Waals surface area contributed by atoms with Crippen LogP contribution in [0.2, 0.25) is 0 Å². The van der Waals surface area contributed by atoms with E-state index in [4.69, 9.17) is 9.47 Å². The number of fused-ring (bicyclic) bond motifs is 1. The van der Waals surface area contributed by atoms with Crippen LogP contribution in [0.5, 0.6) is 11.5 Å². The van der Waals surface area contributed by atoms with Crippen molar-refractivity contribution in [3.8, 4) is 22.9 Å². The summed E-state index contributed by atoms with van der Waals surface area (Å²) in [5.41, 5.74) is 2.55. The van der Waals surface area contributed by atoms with Gasteiger partial charge in [0.1, 0.15) is 11.5 Å². The highest BCUT2D eigenvalue weighted by Gasteiger charge is 2.15. The predicted molar refractivity (Wildman–Crippen MR) is 106 cm³/mol. The van der Waals surface area contributed by atoms with Gasteiger partial charge in [-0.1, -0.05) is 35.6 Å². The lowest BCUT2D eigenvalue weighted by molar-refractivity contribution is 0.402. The summed E-state index contributed by atoms with van der Waals surface area (Å²) in [6.07, 6.45) is 1.80. The summed E-state index contributed by atoms with van der Waals surface area (Å²) in [5, 5.41) is 8.41. The van der Waals surface area contributed by atoms with Gasteiger partial charge in [0.25, 0.3) is 5.56 Å². The average Bonchev–Trinajstić information content (AvgIpc) is 3.23. The molecule has 6 nitrogen and oxygen atoms in total. The van der Waals surface area contributed by atoms with E-state index in [0.29, 0.717) is 26.8 Å². The van der Waals surface area contributed by atoms with Crippen molar-refractivity contribution in [2.45, 2.75) is 6.92 Å². The molecule has 0 saturated carbocycles. The number of nitrogens with zero attached hydrogens (tertiary/aromatic N) is 3. The van der Waals surface area contributed by atoms with E-state index in [9.17, 15) is 4.79 Å². The van der Waals surface area contributed by atoms with Crippen LogP contribution in [0.3, 0.4) is 0 Å². The van der Waals surface area contributed by atoms with E-state index in [1.807, 2.05) is 49.4 Å². The highest BCUT2D eigenvalue weighted by atomic mass is 32.1. The van der Waals surface area contributed by atoms with Gasteiger partial charge < -0.3 is 9.47 Å². The predicted octanol–water partition coefficient (Wildman–Crippen LogP) is 2.69. The van der Waals surface area contributed by atoms with E-state index in [2.05, 4.69) is 10.2 Å². The first-order valence-electron chi connectivity index (χ1n) is 8.30. The zero-order valence-corrected chi connectivity index (χ0v) is 15.9. The van der Waals surface area contributed by atoms with Gasteiger partial charge in [-0.2, -0.15) is 0 Å². The van der Waals surface area contributed by atoms with E-state index < -0.39 is 0 Å². The molecule has 0 bridgehead atoms. The maximum atomic E-state index is 13.0. The summed E-state index contributed by atoms with van der Waals surface area (Å²) in [4.78, 5) is 13.6. The van der Waals surface area contributed by atoms with Crippen molar-refractivity contribution >= 4 is 22.4 Å². The molecule has 27 heavy (non-hydrogen) atoms. The summed E-state index contributed by atoms with van der Waals surface area (Å²) in [7, 11) is 3.20. The number of hydrogen-bond acceptors (Lipinski definition) is 6. The van der Waals surface area contributed by atoms with Crippen LogP contribution < -0.4 is 19.6 Å². The Bertz CT molecular complexity index is 1240. The number of methoxy groups -OCH3 is 2. The molecule has 136 valence electrons. The van der Waals surface area contributed by atoms with Gasteiger partial charge in [-0.25, -0.2) is 4.40 Å². The molecule has 7 heteroatoms. The van der Waals surface area contributed by atoms with Crippen molar-refractivity contribution in [2.75, 3.05) is 14.2 Å². The molecule has 4 aromatic rings. The Morgan fingerprint density at radius 3 is 2.63 bits per heavy atom. The summed E-state index contributed by atoms with van der Waals surface area (Å²) in [6.45, 7) is 1.99. The van der Waals surface area contributed by atoms with Gasteiger partial charge in [-0.05, 0) is 36.8 Å². The topological polar surface area (TPSA) is 65.7 Å². The highest BCUT2D eigenvalue weighted by Crippen LogP contribution is 2.25. The molecule has 2 aromatic heterocycles. The minimum absolute atomic E-state index is 0.150. The molecule has 0 aliphatic heterocycles. The van der Waals surface area contributed by atoms with Crippen molar-refractivity contribution in [1.29, 1.82) is 0 Å². The van der Waals surface area contributed by atoms with Gasteiger partial charge in [0, 0.05) is 11.1 Å². The van der Waals surface area contributed by atoms with Gasteiger partial charge in [-0.15, -0.1) is 10.2 Å². The first-order valence-corrected chi connectivity index (χ1v) is 9.11. The summed E-state index contributed by atoms with van der Waals surface area (Å²) in [5.74, 6) is 1.91. The fourth-order valence-electron chi connectivity index (χ4n) is 2.95. The number of ether oxygens (including phenoxy) is 2. The zero-order valence-electron chi connectivity index (χ0n) is 15.1. The third-order valence-electron chi connectivity index (χ3n) is 4.36. The van der Waals surface area contributed by atoms with Gasteiger partial charge in [-0.3, -0.25) is 4.79 Å². The molecule has 0 spiro atoms. The van der Waals surface area contributed by atoms with Gasteiger partial charge in [0.05, 0.1) is 18.8 Å². The quantitative estimate of drug-likeness (QED) is 0.545. The third-order valence-corrected chi connectivity index (χ3v) is 5.32. The fraction of sp³-hybridized carbons (Fsp3) is 0.150. The number of aryl methyl sites for hydroxylation is 1. The Kier molecular flexibility index (Phi) is 4.37. The van der Waals surface area contributed by atoms with Gasteiger partial charge in [0.15, 0.2) is 5.82 Å². The molecule has 4 rings (SSSR count). The Morgan fingerprint density at radius 2 is 1.89 bits per heavy atom. The van der Waals surface area contributed by atoms with Crippen molar-refractivity contribution in [3.63, 3.8) is 0 Å². The molecule has 2 aromatic carbocycles. The van der Waals surface area contributed by atoms with Crippen molar-refractivity contribution in [3.05, 3.63) is 68.5 Å². The Labute approximate surface area is 159 Å². The van der Waals surface area contributed by atoms with Gasteiger partial charge in [0.2, 0.25) is 4.96 Å². The van der Waals surface area contributed by atoms with Crippen LogP contribution in [-0.2, 0) is 0 Å². The molecular formula is C20H17N3O3S. The van der Waals surface area contributed by atoms with Crippen LogP contribution in [0.1, 0.15) is 11.1 Å². The summed E-state index contributed by atoms with van der Waals surface area (Å²) < 4.78 is 12.8. The van der Waals surface area contributed by atoms with Gasteiger partial charge >= 0.3 is 0 Å². The smallest absolute Gasteiger partial charge is 0.276 e. The molecule has 0 N–H and O–H groups in total. The third kappa shape index (κ3) is 2.96. The number of aromatic nitrogens is 3. The van der Waals surface area contributed by atoms with Crippen LogP contribution in [0, 0.1) is 6.92 Å². The Morgan fingerprint density at radius 1 is 1.07 bits per heavy atom. The molecule has 0 atom stereocenters. The molecule has 0 aliphatic rings. The lowest BCUT2D eigenvalue weighted by Crippen LogP contribution is -2.23. The van der Waals surface area contributed by atoms with E-state index >= 15 is 0 Å². The van der Waals surface area contributed by atoms with Crippen molar-refractivity contribution in [1.82, 2.24) is 14.6 Å².